The van der Waals surface area contributed by atoms with Gasteiger partial charge in [0, 0.05) is 25.7 Å². The summed E-state index contributed by atoms with van der Waals surface area (Å²) in [5.74, 6) is 1.00. The van der Waals surface area contributed by atoms with Crippen molar-refractivity contribution >= 4 is 5.91 Å². The van der Waals surface area contributed by atoms with E-state index in [2.05, 4.69) is 11.8 Å². The molecule has 122 valence electrons. The number of likely N-dealkylation sites (tertiary alicyclic amines) is 2. The number of nitrogens with zero attached hydrogens (tertiary/aromatic N) is 2. The molecule has 3 atom stereocenters. The molecule has 0 radical (unpaired) electrons. The number of carbonyl (C=O) groups excluding carboxylic acids is 1. The quantitative estimate of drug-likeness (QED) is 0.864. The Morgan fingerprint density at radius 2 is 1.95 bits per heavy atom. The second kappa shape index (κ2) is 7.59. The lowest BCUT2D eigenvalue weighted by Crippen LogP contribution is -2.52. The van der Waals surface area contributed by atoms with E-state index in [9.17, 15) is 4.79 Å². The van der Waals surface area contributed by atoms with E-state index in [4.69, 9.17) is 5.73 Å². The lowest BCUT2D eigenvalue weighted by Gasteiger charge is -2.40. The number of piperidine rings is 2. The molecule has 2 saturated heterocycles. The van der Waals surface area contributed by atoms with Crippen molar-refractivity contribution in [2.24, 2.45) is 17.6 Å². The summed E-state index contributed by atoms with van der Waals surface area (Å²) < 4.78 is 0. The first kappa shape index (κ1) is 16.8. The number of amides is 1. The highest BCUT2D eigenvalue weighted by Crippen LogP contribution is 2.23. The van der Waals surface area contributed by atoms with Crippen LogP contribution in [0.15, 0.2) is 0 Å². The van der Waals surface area contributed by atoms with Gasteiger partial charge in [-0.05, 0) is 51.0 Å². The van der Waals surface area contributed by atoms with Crippen molar-refractivity contribution in [3.8, 4) is 0 Å². The Morgan fingerprint density at radius 1 is 1.19 bits per heavy atom. The molecule has 2 rings (SSSR count). The summed E-state index contributed by atoms with van der Waals surface area (Å²) in [6, 6.07) is 0.375. The molecular formula is C17H33N3O. The number of hydrogen-bond donors (Lipinski definition) is 1. The molecule has 0 aliphatic carbocycles. The van der Waals surface area contributed by atoms with E-state index >= 15 is 0 Å². The third-order valence-electron chi connectivity index (χ3n) is 5.27. The van der Waals surface area contributed by atoms with E-state index in [0.29, 0.717) is 12.0 Å². The van der Waals surface area contributed by atoms with Crippen LogP contribution in [0.3, 0.4) is 0 Å². The maximum absolute atomic E-state index is 12.4. The highest BCUT2D eigenvalue weighted by atomic mass is 16.2. The summed E-state index contributed by atoms with van der Waals surface area (Å²) >= 11 is 0. The zero-order valence-corrected chi connectivity index (χ0v) is 14.1. The molecule has 21 heavy (non-hydrogen) atoms. The number of nitrogens with two attached hydrogens (primary N) is 1. The zero-order valence-electron chi connectivity index (χ0n) is 14.1. The Morgan fingerprint density at radius 3 is 2.62 bits per heavy atom. The Labute approximate surface area is 130 Å². The van der Waals surface area contributed by atoms with E-state index in [-0.39, 0.29) is 17.9 Å². The summed E-state index contributed by atoms with van der Waals surface area (Å²) in [4.78, 5) is 17.1. The third kappa shape index (κ3) is 4.43. The molecule has 0 bridgehead atoms. The first-order valence-corrected chi connectivity index (χ1v) is 8.77. The van der Waals surface area contributed by atoms with E-state index in [1.807, 2.05) is 18.7 Å². The van der Waals surface area contributed by atoms with Gasteiger partial charge in [-0.1, -0.05) is 20.3 Å². The molecule has 4 heteroatoms. The predicted molar refractivity (Wildman–Crippen MR) is 87.0 cm³/mol. The first-order valence-electron chi connectivity index (χ1n) is 8.77. The fourth-order valence-electron chi connectivity index (χ4n) is 3.67. The fourth-order valence-corrected chi connectivity index (χ4v) is 3.67. The maximum atomic E-state index is 12.4. The van der Waals surface area contributed by atoms with Gasteiger partial charge in [0.1, 0.15) is 0 Å². The van der Waals surface area contributed by atoms with Crippen LogP contribution in [-0.2, 0) is 4.79 Å². The largest absolute Gasteiger partial charge is 0.341 e. The smallest absolute Gasteiger partial charge is 0.239 e. The third-order valence-corrected chi connectivity index (χ3v) is 5.27. The highest BCUT2D eigenvalue weighted by molar-refractivity contribution is 5.82. The van der Waals surface area contributed by atoms with Crippen molar-refractivity contribution in [1.82, 2.24) is 9.80 Å². The van der Waals surface area contributed by atoms with Crippen LogP contribution in [0.2, 0.25) is 0 Å². The van der Waals surface area contributed by atoms with Crippen LogP contribution in [0.1, 0.15) is 52.9 Å². The average Bonchev–Trinajstić information content (AvgIpc) is 2.48. The molecule has 0 spiro atoms. The topological polar surface area (TPSA) is 49.6 Å². The van der Waals surface area contributed by atoms with Crippen molar-refractivity contribution in [3.63, 3.8) is 0 Å². The molecule has 2 aliphatic heterocycles. The number of hydrogen-bond acceptors (Lipinski definition) is 3. The Balaban J connectivity index is 1.87. The Kier molecular flexibility index (Phi) is 6.06. The van der Waals surface area contributed by atoms with Crippen LogP contribution in [0.5, 0.6) is 0 Å². The molecule has 2 fully saturated rings. The van der Waals surface area contributed by atoms with E-state index in [0.717, 1.165) is 26.1 Å². The van der Waals surface area contributed by atoms with Crippen LogP contribution in [0.25, 0.3) is 0 Å². The first-order chi connectivity index (χ1) is 9.99. The lowest BCUT2D eigenvalue weighted by atomic mass is 9.93. The van der Waals surface area contributed by atoms with Crippen molar-refractivity contribution in [2.75, 3.05) is 26.2 Å². The maximum Gasteiger partial charge on any atom is 0.239 e. The molecule has 0 aromatic heterocycles. The molecular weight excluding hydrogens is 262 g/mol. The minimum Gasteiger partial charge on any atom is -0.341 e. The number of carbonyl (C=O) groups is 1. The molecule has 4 nitrogen and oxygen atoms in total. The molecule has 0 aromatic rings. The van der Waals surface area contributed by atoms with E-state index in [1.165, 1.54) is 32.2 Å². The van der Waals surface area contributed by atoms with Gasteiger partial charge >= 0.3 is 0 Å². The van der Waals surface area contributed by atoms with Gasteiger partial charge in [-0.25, -0.2) is 0 Å². The summed E-state index contributed by atoms with van der Waals surface area (Å²) in [6.07, 6.45) is 6.41. The average molecular weight is 295 g/mol. The van der Waals surface area contributed by atoms with Gasteiger partial charge in [-0.3, -0.25) is 4.79 Å². The normalized spacial score (nSPS) is 29.7. The van der Waals surface area contributed by atoms with Crippen LogP contribution < -0.4 is 5.73 Å². The molecule has 0 saturated carbocycles. The van der Waals surface area contributed by atoms with E-state index < -0.39 is 0 Å². The van der Waals surface area contributed by atoms with Crippen LogP contribution >= 0.6 is 0 Å². The highest BCUT2D eigenvalue weighted by Gasteiger charge is 2.30. The Hall–Kier alpha value is -0.610. The second-order valence-corrected chi connectivity index (χ2v) is 7.40. The van der Waals surface area contributed by atoms with E-state index in [1.54, 1.807) is 0 Å². The minimum absolute atomic E-state index is 0.154. The SMILES string of the molecule is CC(C)[C@H](N)C(=O)N1CCCC(CN2CCCCC2C)C1. The predicted octanol–water partition coefficient (Wildman–Crippen LogP) is 2.08. The van der Waals surface area contributed by atoms with Crippen molar-refractivity contribution < 1.29 is 4.79 Å². The van der Waals surface area contributed by atoms with Gasteiger partial charge in [0.2, 0.25) is 5.91 Å². The van der Waals surface area contributed by atoms with Gasteiger partial charge in [0.15, 0.2) is 0 Å². The Bertz CT molecular complexity index is 345. The summed E-state index contributed by atoms with van der Waals surface area (Å²) in [6.45, 7) is 10.6. The molecule has 2 N–H and O–H groups in total. The van der Waals surface area contributed by atoms with Crippen LogP contribution in [0, 0.1) is 11.8 Å². The van der Waals surface area contributed by atoms with Gasteiger partial charge < -0.3 is 15.5 Å². The minimum atomic E-state index is -0.335. The lowest BCUT2D eigenvalue weighted by molar-refractivity contribution is -0.135. The van der Waals surface area contributed by atoms with Crippen LogP contribution in [-0.4, -0.2) is 54.0 Å². The zero-order chi connectivity index (χ0) is 15.4. The molecule has 2 heterocycles. The number of rotatable bonds is 4. The summed E-state index contributed by atoms with van der Waals surface area (Å²) in [5, 5.41) is 0. The van der Waals surface area contributed by atoms with Gasteiger partial charge in [-0.15, -0.1) is 0 Å². The standard InChI is InChI=1S/C17H33N3O/c1-13(2)16(18)17(21)20-10-6-8-15(12-20)11-19-9-5-4-7-14(19)3/h13-16H,4-12,18H2,1-3H3/t14?,15?,16-/m0/s1. The fraction of sp³-hybridized carbons (Fsp3) is 0.941. The molecule has 0 aromatic carbocycles. The van der Waals surface area contributed by atoms with Gasteiger partial charge in [-0.2, -0.15) is 0 Å². The van der Waals surface area contributed by atoms with Gasteiger partial charge in [0.25, 0.3) is 0 Å². The van der Waals surface area contributed by atoms with Crippen LogP contribution in [0.4, 0.5) is 0 Å². The van der Waals surface area contributed by atoms with Crippen molar-refractivity contribution in [2.45, 2.75) is 65.0 Å². The summed E-state index contributed by atoms with van der Waals surface area (Å²) in [5.41, 5.74) is 6.04. The van der Waals surface area contributed by atoms with Crippen molar-refractivity contribution in [1.29, 1.82) is 0 Å². The molecule has 2 unspecified atom stereocenters. The van der Waals surface area contributed by atoms with Crippen molar-refractivity contribution in [3.05, 3.63) is 0 Å². The van der Waals surface area contributed by atoms with Gasteiger partial charge in [0.05, 0.1) is 6.04 Å². The summed E-state index contributed by atoms with van der Waals surface area (Å²) in [7, 11) is 0. The molecule has 1 amide bonds. The molecule has 2 aliphatic rings. The monoisotopic (exact) mass is 295 g/mol. The second-order valence-electron chi connectivity index (χ2n) is 7.40.